The van der Waals surface area contributed by atoms with Crippen LogP contribution in [0.25, 0.3) is 0 Å². The topological polar surface area (TPSA) is 29.9 Å². The largest absolute Gasteiger partial charge is 0.333 e. The van der Waals surface area contributed by atoms with E-state index in [1.165, 1.54) is 16.9 Å². The highest BCUT2D eigenvalue weighted by Gasteiger charge is 2.22. The summed E-state index contributed by atoms with van der Waals surface area (Å²) in [6, 6.07) is 8.74. The third-order valence-electron chi connectivity index (χ3n) is 3.45. The molecule has 3 rings (SSSR count). The van der Waals surface area contributed by atoms with Crippen LogP contribution in [-0.4, -0.2) is 21.3 Å². The maximum atomic E-state index is 4.44. The molecule has 1 N–H and O–H groups in total. The third kappa shape index (κ3) is 2.85. The molecule has 2 aromatic rings. The van der Waals surface area contributed by atoms with E-state index in [-0.39, 0.29) is 0 Å². The molecule has 0 amide bonds. The van der Waals surface area contributed by atoms with Crippen molar-refractivity contribution in [3.8, 4) is 0 Å². The van der Waals surface area contributed by atoms with Crippen LogP contribution < -0.4 is 5.32 Å². The minimum absolute atomic E-state index is 0.631. The average molecular weight is 273 g/mol. The summed E-state index contributed by atoms with van der Waals surface area (Å²) < 4.78 is 2.28. The van der Waals surface area contributed by atoms with Gasteiger partial charge in [0.25, 0.3) is 0 Å². The molecule has 0 fully saturated rings. The molecule has 0 saturated carbocycles. The van der Waals surface area contributed by atoms with Gasteiger partial charge in [-0.15, -0.1) is 11.8 Å². The normalized spacial score (nSPS) is 17.6. The SMILES string of the molecule is CCNCc1nccn1CC1Cc2ccccc2S1. The second-order valence-electron chi connectivity index (χ2n) is 4.83. The number of hydrogen-bond acceptors (Lipinski definition) is 3. The van der Waals surface area contributed by atoms with Crippen LogP contribution in [0.5, 0.6) is 0 Å². The predicted molar refractivity (Wildman–Crippen MR) is 79.4 cm³/mol. The first-order chi connectivity index (χ1) is 9.36. The first-order valence-electron chi connectivity index (χ1n) is 6.82. The van der Waals surface area contributed by atoms with Crippen molar-refractivity contribution >= 4 is 11.8 Å². The van der Waals surface area contributed by atoms with E-state index in [0.717, 1.165) is 25.5 Å². The molecule has 1 aliphatic heterocycles. The molecule has 3 nitrogen and oxygen atoms in total. The zero-order valence-corrected chi connectivity index (χ0v) is 12.0. The van der Waals surface area contributed by atoms with Gasteiger partial charge in [0, 0.05) is 29.1 Å². The van der Waals surface area contributed by atoms with Gasteiger partial charge in [0.05, 0.1) is 6.54 Å². The second kappa shape index (κ2) is 5.80. The number of nitrogens with one attached hydrogen (secondary N) is 1. The van der Waals surface area contributed by atoms with Crippen LogP contribution in [0.1, 0.15) is 18.3 Å². The average Bonchev–Trinajstić information content (AvgIpc) is 3.02. The van der Waals surface area contributed by atoms with Gasteiger partial charge in [-0.3, -0.25) is 0 Å². The molecular formula is C15H19N3S. The van der Waals surface area contributed by atoms with Crippen molar-refractivity contribution in [1.82, 2.24) is 14.9 Å². The summed E-state index contributed by atoms with van der Waals surface area (Å²) in [5, 5.41) is 3.97. The van der Waals surface area contributed by atoms with Crippen LogP contribution in [0.2, 0.25) is 0 Å². The molecule has 1 aliphatic rings. The molecule has 1 aromatic heterocycles. The number of benzene rings is 1. The molecule has 19 heavy (non-hydrogen) atoms. The van der Waals surface area contributed by atoms with E-state index in [4.69, 9.17) is 0 Å². The molecule has 0 saturated heterocycles. The molecule has 0 spiro atoms. The Morgan fingerprint density at radius 2 is 2.32 bits per heavy atom. The smallest absolute Gasteiger partial charge is 0.122 e. The monoisotopic (exact) mass is 273 g/mol. The van der Waals surface area contributed by atoms with Crippen molar-refractivity contribution in [2.45, 2.75) is 36.6 Å². The van der Waals surface area contributed by atoms with Crippen LogP contribution in [-0.2, 0) is 19.5 Å². The molecule has 1 atom stereocenters. The lowest BCUT2D eigenvalue weighted by molar-refractivity contribution is 0.593. The molecule has 0 radical (unpaired) electrons. The summed E-state index contributed by atoms with van der Waals surface area (Å²) in [5.74, 6) is 1.14. The zero-order valence-electron chi connectivity index (χ0n) is 11.2. The van der Waals surface area contributed by atoms with E-state index in [0.29, 0.717) is 5.25 Å². The first-order valence-corrected chi connectivity index (χ1v) is 7.70. The van der Waals surface area contributed by atoms with Gasteiger partial charge in [-0.1, -0.05) is 25.1 Å². The van der Waals surface area contributed by atoms with Crippen molar-refractivity contribution in [3.63, 3.8) is 0 Å². The molecule has 1 unspecified atom stereocenters. The minimum Gasteiger partial charge on any atom is -0.333 e. The number of rotatable bonds is 5. The van der Waals surface area contributed by atoms with Crippen LogP contribution in [0.3, 0.4) is 0 Å². The van der Waals surface area contributed by atoms with Gasteiger partial charge in [-0.05, 0) is 24.6 Å². The van der Waals surface area contributed by atoms with Crippen molar-refractivity contribution in [3.05, 3.63) is 48.0 Å². The highest BCUT2D eigenvalue weighted by molar-refractivity contribution is 8.00. The van der Waals surface area contributed by atoms with E-state index in [1.54, 1.807) is 0 Å². The summed E-state index contributed by atoms with van der Waals surface area (Å²) in [4.78, 5) is 5.88. The van der Waals surface area contributed by atoms with E-state index in [1.807, 2.05) is 18.0 Å². The highest BCUT2D eigenvalue weighted by atomic mass is 32.2. The molecular weight excluding hydrogens is 254 g/mol. The number of aromatic nitrogens is 2. The number of thioether (sulfide) groups is 1. The molecule has 100 valence electrons. The van der Waals surface area contributed by atoms with Gasteiger partial charge in [0.2, 0.25) is 0 Å². The van der Waals surface area contributed by atoms with Gasteiger partial charge in [-0.2, -0.15) is 0 Å². The Bertz CT molecular complexity index is 525. The van der Waals surface area contributed by atoms with Gasteiger partial charge in [0.15, 0.2) is 0 Å². The maximum Gasteiger partial charge on any atom is 0.122 e. The van der Waals surface area contributed by atoms with E-state index in [2.05, 4.69) is 52.3 Å². The number of imidazole rings is 1. The fraction of sp³-hybridized carbons (Fsp3) is 0.400. The number of hydrogen-bond donors (Lipinski definition) is 1. The lowest BCUT2D eigenvalue weighted by Gasteiger charge is -2.12. The number of fused-ring (bicyclic) bond motifs is 1. The van der Waals surface area contributed by atoms with E-state index in [9.17, 15) is 0 Å². The van der Waals surface area contributed by atoms with Crippen molar-refractivity contribution < 1.29 is 0 Å². The number of nitrogens with zero attached hydrogens (tertiary/aromatic N) is 2. The van der Waals surface area contributed by atoms with E-state index < -0.39 is 0 Å². The summed E-state index contributed by atoms with van der Waals surface area (Å²) >= 11 is 2.00. The Balaban J connectivity index is 1.66. The standard InChI is InChI=1S/C15H19N3S/c1-2-16-10-15-17-7-8-18(15)11-13-9-12-5-3-4-6-14(12)19-13/h3-8,13,16H,2,9-11H2,1H3. The predicted octanol–water partition coefficient (Wildman–Crippen LogP) is 2.71. The maximum absolute atomic E-state index is 4.44. The van der Waals surface area contributed by atoms with Crippen LogP contribution in [0, 0.1) is 0 Å². The Morgan fingerprint density at radius 1 is 1.42 bits per heavy atom. The molecule has 0 aliphatic carbocycles. The molecule has 4 heteroatoms. The lowest BCUT2D eigenvalue weighted by atomic mass is 10.1. The first kappa shape index (κ1) is 12.8. The van der Waals surface area contributed by atoms with Crippen LogP contribution >= 0.6 is 11.8 Å². The lowest BCUT2D eigenvalue weighted by Crippen LogP contribution is -2.19. The Morgan fingerprint density at radius 3 is 3.16 bits per heavy atom. The van der Waals surface area contributed by atoms with Crippen LogP contribution in [0.15, 0.2) is 41.6 Å². The molecule has 2 heterocycles. The zero-order chi connectivity index (χ0) is 13.1. The fourth-order valence-electron chi connectivity index (χ4n) is 2.49. The van der Waals surface area contributed by atoms with Gasteiger partial charge >= 0.3 is 0 Å². The fourth-order valence-corrected chi connectivity index (χ4v) is 3.80. The highest BCUT2D eigenvalue weighted by Crippen LogP contribution is 2.37. The summed E-state index contributed by atoms with van der Waals surface area (Å²) in [7, 11) is 0. The Labute approximate surface area is 118 Å². The third-order valence-corrected chi connectivity index (χ3v) is 4.75. The van der Waals surface area contributed by atoms with Gasteiger partial charge in [0.1, 0.15) is 5.82 Å². The Kier molecular flexibility index (Phi) is 3.89. The molecule has 0 bridgehead atoms. The minimum atomic E-state index is 0.631. The van der Waals surface area contributed by atoms with Gasteiger partial charge in [-0.25, -0.2) is 4.98 Å². The molecule has 1 aromatic carbocycles. The van der Waals surface area contributed by atoms with E-state index >= 15 is 0 Å². The second-order valence-corrected chi connectivity index (χ2v) is 6.17. The van der Waals surface area contributed by atoms with Crippen molar-refractivity contribution in [2.75, 3.05) is 6.54 Å². The summed E-state index contributed by atoms with van der Waals surface area (Å²) in [6.07, 6.45) is 5.16. The Hall–Kier alpha value is -1.26. The quantitative estimate of drug-likeness (QED) is 0.908. The van der Waals surface area contributed by atoms with Crippen molar-refractivity contribution in [1.29, 1.82) is 0 Å². The van der Waals surface area contributed by atoms with Crippen LogP contribution in [0.4, 0.5) is 0 Å². The van der Waals surface area contributed by atoms with Crippen molar-refractivity contribution in [2.24, 2.45) is 0 Å². The summed E-state index contributed by atoms with van der Waals surface area (Å²) in [5.41, 5.74) is 1.49. The summed E-state index contributed by atoms with van der Waals surface area (Å²) in [6.45, 7) is 5.00. The van der Waals surface area contributed by atoms with Gasteiger partial charge < -0.3 is 9.88 Å².